The second-order valence-electron chi connectivity index (χ2n) is 4.88. The Kier molecular flexibility index (Phi) is 3.14. The third-order valence-electron chi connectivity index (χ3n) is 3.67. The van der Waals surface area contributed by atoms with Crippen molar-refractivity contribution in [2.45, 2.75) is 30.9 Å². The number of hydrogen-bond donors (Lipinski definition) is 0. The van der Waals surface area contributed by atoms with Gasteiger partial charge in [0.1, 0.15) is 0 Å². The molecule has 1 heterocycles. The standard InChI is InChI=1S/C14H16N2O2S/c17-19(18,13-6-2-3-7-13)16-10-9-15-11-12-5-1-4-8-14(12)16/h1,4-5,8-11,13H,2-3,6-7H2. The zero-order valence-electron chi connectivity index (χ0n) is 10.6. The smallest absolute Gasteiger partial charge is 0.241 e. The molecule has 0 aromatic heterocycles. The molecule has 2 aliphatic rings. The number of aliphatic imine (C=N–C) groups is 1. The molecule has 1 aromatic rings. The molecule has 0 amide bonds. The number of fused-ring (bicyclic) bond motifs is 1. The predicted octanol–water partition coefficient (Wildman–Crippen LogP) is 2.67. The zero-order chi connectivity index (χ0) is 13.3. The van der Waals surface area contributed by atoms with Crippen LogP contribution in [0.2, 0.25) is 0 Å². The van der Waals surface area contributed by atoms with Crippen LogP contribution >= 0.6 is 0 Å². The first-order chi connectivity index (χ1) is 9.19. The summed E-state index contributed by atoms with van der Waals surface area (Å²) in [5.74, 6) is 0. The van der Waals surface area contributed by atoms with E-state index in [1.807, 2.05) is 24.3 Å². The number of nitrogens with zero attached hydrogens (tertiary/aromatic N) is 2. The van der Waals surface area contributed by atoms with E-state index < -0.39 is 10.0 Å². The maximum Gasteiger partial charge on any atom is 0.241 e. The van der Waals surface area contributed by atoms with Crippen molar-refractivity contribution in [2.24, 2.45) is 4.99 Å². The van der Waals surface area contributed by atoms with Gasteiger partial charge in [-0.2, -0.15) is 0 Å². The monoisotopic (exact) mass is 276 g/mol. The molecule has 19 heavy (non-hydrogen) atoms. The molecule has 0 unspecified atom stereocenters. The van der Waals surface area contributed by atoms with Crippen LogP contribution < -0.4 is 4.31 Å². The largest absolute Gasteiger partial charge is 0.262 e. The van der Waals surface area contributed by atoms with Gasteiger partial charge in [0.05, 0.1) is 10.9 Å². The fourth-order valence-corrected chi connectivity index (χ4v) is 4.58. The predicted molar refractivity (Wildman–Crippen MR) is 76.8 cm³/mol. The Hall–Kier alpha value is -1.62. The number of sulfonamides is 1. The Labute approximate surface area is 113 Å². The van der Waals surface area contributed by atoms with Crippen LogP contribution in [0.4, 0.5) is 5.69 Å². The topological polar surface area (TPSA) is 49.7 Å². The van der Waals surface area contributed by atoms with E-state index in [1.54, 1.807) is 12.4 Å². The third kappa shape index (κ3) is 2.18. The van der Waals surface area contributed by atoms with Crippen LogP contribution in [0.3, 0.4) is 0 Å². The van der Waals surface area contributed by atoms with E-state index in [9.17, 15) is 8.42 Å². The zero-order valence-corrected chi connectivity index (χ0v) is 11.4. The van der Waals surface area contributed by atoms with Gasteiger partial charge in [-0.15, -0.1) is 0 Å². The van der Waals surface area contributed by atoms with Crippen molar-refractivity contribution in [2.75, 3.05) is 4.31 Å². The Morgan fingerprint density at radius 1 is 1.16 bits per heavy atom. The van der Waals surface area contributed by atoms with Crippen LogP contribution in [0.25, 0.3) is 0 Å². The lowest BCUT2D eigenvalue weighted by Gasteiger charge is -2.24. The molecule has 3 rings (SSSR count). The van der Waals surface area contributed by atoms with Gasteiger partial charge in [0, 0.05) is 24.2 Å². The van der Waals surface area contributed by atoms with E-state index in [0.29, 0.717) is 5.69 Å². The van der Waals surface area contributed by atoms with E-state index >= 15 is 0 Å². The van der Waals surface area contributed by atoms with Crippen LogP contribution in [0.5, 0.6) is 0 Å². The second kappa shape index (κ2) is 4.81. The van der Waals surface area contributed by atoms with Gasteiger partial charge >= 0.3 is 0 Å². The maximum absolute atomic E-state index is 12.7. The average molecular weight is 276 g/mol. The highest BCUT2D eigenvalue weighted by molar-refractivity contribution is 7.93. The van der Waals surface area contributed by atoms with Gasteiger partial charge in [-0.05, 0) is 18.9 Å². The van der Waals surface area contributed by atoms with E-state index in [-0.39, 0.29) is 5.25 Å². The van der Waals surface area contributed by atoms with Gasteiger partial charge in [0.2, 0.25) is 10.0 Å². The van der Waals surface area contributed by atoms with Crippen molar-refractivity contribution >= 4 is 21.9 Å². The molecule has 0 N–H and O–H groups in total. The quantitative estimate of drug-likeness (QED) is 0.834. The highest BCUT2D eigenvalue weighted by atomic mass is 32.2. The van der Waals surface area contributed by atoms with Crippen molar-refractivity contribution in [3.8, 4) is 0 Å². The molecule has 0 atom stereocenters. The summed E-state index contributed by atoms with van der Waals surface area (Å²) in [4.78, 5) is 4.09. The molecule has 1 saturated carbocycles. The summed E-state index contributed by atoms with van der Waals surface area (Å²) in [6.07, 6.45) is 8.29. The highest BCUT2D eigenvalue weighted by Crippen LogP contribution is 2.32. The maximum atomic E-state index is 12.7. The van der Waals surface area contributed by atoms with Crippen molar-refractivity contribution < 1.29 is 8.42 Å². The molecule has 4 nitrogen and oxygen atoms in total. The minimum Gasteiger partial charge on any atom is -0.262 e. The van der Waals surface area contributed by atoms with Crippen molar-refractivity contribution in [1.29, 1.82) is 0 Å². The Balaban J connectivity index is 2.06. The van der Waals surface area contributed by atoms with E-state index in [4.69, 9.17) is 0 Å². The molecule has 5 heteroatoms. The summed E-state index contributed by atoms with van der Waals surface area (Å²) < 4.78 is 26.8. The lowest BCUT2D eigenvalue weighted by Crippen LogP contribution is -2.34. The molecular formula is C14H16N2O2S. The highest BCUT2D eigenvalue weighted by Gasteiger charge is 2.34. The Morgan fingerprint density at radius 3 is 2.68 bits per heavy atom. The number of hydrogen-bond acceptors (Lipinski definition) is 3. The molecule has 0 saturated heterocycles. The first-order valence-electron chi connectivity index (χ1n) is 6.52. The Morgan fingerprint density at radius 2 is 1.89 bits per heavy atom. The van der Waals surface area contributed by atoms with E-state index in [0.717, 1.165) is 31.2 Å². The molecular weight excluding hydrogens is 260 g/mol. The van der Waals surface area contributed by atoms with Crippen molar-refractivity contribution in [3.05, 3.63) is 42.2 Å². The fourth-order valence-electron chi connectivity index (χ4n) is 2.67. The summed E-state index contributed by atoms with van der Waals surface area (Å²) in [6, 6.07) is 7.44. The minimum absolute atomic E-state index is 0.261. The fraction of sp³-hybridized carbons (Fsp3) is 0.357. The van der Waals surface area contributed by atoms with Gasteiger partial charge in [-0.25, -0.2) is 12.7 Å². The minimum atomic E-state index is -3.33. The number of benzene rings is 1. The van der Waals surface area contributed by atoms with Gasteiger partial charge < -0.3 is 0 Å². The molecule has 100 valence electrons. The van der Waals surface area contributed by atoms with Crippen LogP contribution in [0.1, 0.15) is 31.2 Å². The van der Waals surface area contributed by atoms with Crippen LogP contribution in [-0.2, 0) is 10.0 Å². The lowest BCUT2D eigenvalue weighted by atomic mass is 10.2. The number of rotatable bonds is 2. The molecule has 1 fully saturated rings. The molecule has 1 aromatic carbocycles. The summed E-state index contributed by atoms with van der Waals surface area (Å²) in [7, 11) is -3.33. The molecule has 1 aliphatic heterocycles. The van der Waals surface area contributed by atoms with Crippen LogP contribution in [-0.4, -0.2) is 19.9 Å². The number of para-hydroxylation sites is 1. The van der Waals surface area contributed by atoms with Crippen molar-refractivity contribution in [1.82, 2.24) is 0 Å². The Bertz CT molecular complexity index is 629. The van der Waals surface area contributed by atoms with E-state index in [2.05, 4.69) is 4.99 Å². The van der Waals surface area contributed by atoms with Crippen LogP contribution in [0.15, 0.2) is 41.7 Å². The van der Waals surface area contributed by atoms with Gasteiger partial charge in [-0.1, -0.05) is 31.0 Å². The molecule has 0 spiro atoms. The first-order valence-corrected chi connectivity index (χ1v) is 8.02. The third-order valence-corrected chi connectivity index (χ3v) is 5.85. The summed E-state index contributed by atoms with van der Waals surface area (Å²) in [5, 5.41) is -0.261. The molecule has 1 aliphatic carbocycles. The van der Waals surface area contributed by atoms with Gasteiger partial charge in [0.15, 0.2) is 0 Å². The van der Waals surface area contributed by atoms with Gasteiger partial charge in [0.25, 0.3) is 0 Å². The van der Waals surface area contributed by atoms with E-state index in [1.165, 1.54) is 10.5 Å². The molecule has 0 bridgehead atoms. The SMILES string of the molecule is O=S(=O)(C1CCCC1)N1C=CN=Cc2ccccc21. The second-order valence-corrected chi connectivity index (χ2v) is 6.97. The average Bonchev–Trinajstić information content (AvgIpc) is 2.86. The normalized spacial score (nSPS) is 19.5. The lowest BCUT2D eigenvalue weighted by molar-refractivity contribution is 0.579. The van der Waals surface area contributed by atoms with Crippen molar-refractivity contribution in [3.63, 3.8) is 0 Å². The summed E-state index contributed by atoms with van der Waals surface area (Å²) in [5.41, 5.74) is 1.51. The summed E-state index contributed by atoms with van der Waals surface area (Å²) >= 11 is 0. The van der Waals surface area contributed by atoms with Gasteiger partial charge in [-0.3, -0.25) is 4.99 Å². The first kappa shape index (κ1) is 12.4. The summed E-state index contributed by atoms with van der Waals surface area (Å²) in [6.45, 7) is 0. The number of anilines is 1. The molecule has 0 radical (unpaired) electrons. The van der Waals surface area contributed by atoms with Crippen LogP contribution in [0, 0.1) is 0 Å².